The van der Waals surface area contributed by atoms with Gasteiger partial charge < -0.3 is 39.4 Å². The van der Waals surface area contributed by atoms with Gasteiger partial charge in [-0.3, -0.25) is 0 Å². The molecule has 0 saturated heterocycles. The largest absolute Gasteiger partial charge is 2.00 e. The summed E-state index contributed by atoms with van der Waals surface area (Å²) in [6, 6.07) is 28.3. The minimum atomic E-state index is 0. The fourth-order valence-electron chi connectivity index (χ4n) is 10.4. The molecule has 0 amide bonds. The molecule has 386 valence electrons. The van der Waals surface area contributed by atoms with Gasteiger partial charge in [0.1, 0.15) is 0 Å². The van der Waals surface area contributed by atoms with Crippen molar-refractivity contribution in [3.8, 4) is 57.1 Å². The summed E-state index contributed by atoms with van der Waals surface area (Å²) < 4.78 is 13.6. The molecule has 0 saturated carbocycles. The Hall–Kier alpha value is -5.67. The molecular formula is C62H76N8NiO2. The normalized spacial score (nSPS) is 13.7. The van der Waals surface area contributed by atoms with E-state index in [0.717, 1.165) is 80.3 Å². The summed E-state index contributed by atoms with van der Waals surface area (Å²) in [5, 5.41) is 3.49. The van der Waals surface area contributed by atoms with Gasteiger partial charge in [0.15, 0.2) is 11.5 Å². The first kappa shape index (κ1) is 53.6. The fraction of sp³-hybridized carbons (Fsp3) is 0.484. The van der Waals surface area contributed by atoms with Gasteiger partial charge in [0, 0.05) is 44.8 Å². The van der Waals surface area contributed by atoms with E-state index in [0.29, 0.717) is 82.4 Å². The van der Waals surface area contributed by atoms with E-state index in [1.165, 1.54) is 77.0 Å². The third-order valence-electron chi connectivity index (χ3n) is 15.0. The van der Waals surface area contributed by atoms with Crippen LogP contribution in [0.3, 0.4) is 0 Å². The second kappa shape index (κ2) is 25.0. The van der Waals surface area contributed by atoms with Gasteiger partial charge in [-0.1, -0.05) is 205 Å². The number of aromatic nitrogens is 8. The van der Waals surface area contributed by atoms with Crippen LogP contribution < -0.4 is 19.4 Å². The molecule has 7 aromatic rings. The standard InChI is InChI=1S/C62H76N8O2.Ni/c1-39(2)19-15-21-41(5)23-17-25-43(7)33-35-71-53-37-51-52(38-54(53)72-36-34-44(8)26-18-24-42(6)22-16-20-40(3)4)62-69-60-50-32-14-12-30-48(50)58(67-60)65-56-46-28-10-9-27-45(46)55(63-56)64-57-47-29-11-13-31-49(47)59(66-57)68-61(51)70-62;/h9-14,27-32,37-44H,15-26,33-36H2,1-8H3;/q-2;+2. The van der Waals surface area contributed by atoms with Crippen molar-refractivity contribution in [2.24, 2.45) is 35.5 Å². The van der Waals surface area contributed by atoms with E-state index in [4.69, 9.17) is 49.3 Å². The minimum absolute atomic E-state index is 0. The molecule has 9 rings (SSSR count). The maximum Gasteiger partial charge on any atom is 2.00 e. The van der Waals surface area contributed by atoms with Crippen LogP contribution in [-0.2, 0) is 16.5 Å². The number of ether oxygens (including phenoxy) is 2. The van der Waals surface area contributed by atoms with Crippen LogP contribution in [0.15, 0.2) is 84.9 Å². The van der Waals surface area contributed by atoms with E-state index < -0.39 is 0 Å². The molecule has 4 aromatic carbocycles. The van der Waals surface area contributed by atoms with Crippen LogP contribution in [-0.4, -0.2) is 43.1 Å². The molecule has 0 N–H and O–H groups in total. The molecule has 0 radical (unpaired) electrons. The quantitative estimate of drug-likeness (QED) is 0.0540. The van der Waals surface area contributed by atoms with Crippen molar-refractivity contribution < 1.29 is 26.0 Å². The van der Waals surface area contributed by atoms with Gasteiger partial charge in [-0.2, -0.15) is 0 Å². The van der Waals surface area contributed by atoms with E-state index in [1.54, 1.807) is 0 Å². The van der Waals surface area contributed by atoms with Crippen LogP contribution in [0.4, 0.5) is 0 Å². The van der Waals surface area contributed by atoms with Crippen LogP contribution in [0.2, 0.25) is 0 Å². The molecule has 4 atom stereocenters. The summed E-state index contributed by atoms with van der Waals surface area (Å²) in [6.45, 7) is 20.0. The Morgan fingerprint density at radius 3 is 0.973 bits per heavy atom. The first-order valence-corrected chi connectivity index (χ1v) is 27.4. The van der Waals surface area contributed by atoms with Gasteiger partial charge in [0.05, 0.1) is 36.5 Å². The number of hydrogen-bond donors (Lipinski definition) is 0. The Bertz CT molecular complexity index is 2920. The minimum Gasteiger partial charge on any atom is -0.490 e. The van der Waals surface area contributed by atoms with Crippen molar-refractivity contribution in [3.05, 3.63) is 84.9 Å². The van der Waals surface area contributed by atoms with Crippen molar-refractivity contribution in [3.63, 3.8) is 0 Å². The van der Waals surface area contributed by atoms with Crippen molar-refractivity contribution in [2.45, 2.75) is 145 Å². The van der Waals surface area contributed by atoms with Gasteiger partial charge in [-0.05, 0) is 82.0 Å². The summed E-state index contributed by atoms with van der Waals surface area (Å²) in [7, 11) is 0. The Kier molecular flexibility index (Phi) is 18.4. The summed E-state index contributed by atoms with van der Waals surface area (Å²) in [6.07, 6.45) is 17.3. The Morgan fingerprint density at radius 2 is 0.644 bits per heavy atom. The Labute approximate surface area is 443 Å². The molecule has 2 aliphatic rings. The van der Waals surface area contributed by atoms with E-state index in [9.17, 15) is 0 Å². The van der Waals surface area contributed by atoms with Gasteiger partial charge >= 0.3 is 16.5 Å². The summed E-state index contributed by atoms with van der Waals surface area (Å²) in [5.74, 6) is 7.63. The molecule has 10 nitrogen and oxygen atoms in total. The van der Waals surface area contributed by atoms with Gasteiger partial charge in [0.2, 0.25) is 0 Å². The maximum absolute atomic E-state index is 6.80. The first-order valence-electron chi connectivity index (χ1n) is 27.4. The van der Waals surface area contributed by atoms with Gasteiger partial charge in [-0.15, -0.1) is 0 Å². The van der Waals surface area contributed by atoms with Crippen LogP contribution in [0.5, 0.6) is 11.5 Å². The molecular weight excluding hydrogens is 947 g/mol. The van der Waals surface area contributed by atoms with Crippen molar-refractivity contribution in [2.75, 3.05) is 13.2 Å². The van der Waals surface area contributed by atoms with E-state index in [2.05, 4.69) is 67.5 Å². The predicted octanol–water partition coefficient (Wildman–Crippen LogP) is 16.2. The summed E-state index contributed by atoms with van der Waals surface area (Å²) >= 11 is 0. The average molecular weight is 1020 g/mol. The number of hydrogen-bond acceptors (Lipinski definition) is 8. The molecule has 2 aliphatic heterocycles. The number of benzene rings is 4. The fourth-order valence-corrected chi connectivity index (χ4v) is 10.4. The molecule has 0 aliphatic carbocycles. The van der Waals surface area contributed by atoms with Crippen LogP contribution in [0, 0.1) is 35.5 Å². The number of nitrogens with zero attached hydrogens (tertiary/aromatic N) is 8. The smallest absolute Gasteiger partial charge is 0.490 e. The molecule has 11 heteroatoms. The van der Waals surface area contributed by atoms with Gasteiger partial charge in [-0.25, -0.2) is 9.97 Å². The molecule has 8 bridgehead atoms. The third kappa shape index (κ3) is 13.4. The second-order valence-corrected chi connectivity index (χ2v) is 22.2. The Morgan fingerprint density at radius 1 is 0.356 bits per heavy atom. The molecule has 5 heterocycles. The van der Waals surface area contributed by atoms with E-state index in [1.807, 2.05) is 72.8 Å². The van der Waals surface area contributed by atoms with Crippen LogP contribution >= 0.6 is 0 Å². The van der Waals surface area contributed by atoms with Crippen molar-refractivity contribution >= 4 is 44.1 Å². The zero-order valence-electron chi connectivity index (χ0n) is 44.6. The van der Waals surface area contributed by atoms with E-state index >= 15 is 0 Å². The number of rotatable bonds is 24. The van der Waals surface area contributed by atoms with Crippen LogP contribution in [0.1, 0.15) is 145 Å². The Balaban J connectivity index is 0.00000711. The molecule has 3 aromatic heterocycles. The first-order chi connectivity index (χ1) is 35.0. The van der Waals surface area contributed by atoms with Crippen molar-refractivity contribution in [1.29, 1.82) is 0 Å². The average Bonchev–Trinajstić information content (AvgIpc) is 4.09. The predicted molar refractivity (Wildman–Crippen MR) is 296 cm³/mol. The van der Waals surface area contributed by atoms with Crippen molar-refractivity contribution in [1.82, 2.24) is 39.9 Å². The SMILES string of the molecule is CC(C)CCCC(C)CCCC(C)CCOc1cc2c(cc1OCCC(C)CCCC(C)CCCC(C)C)-c1nc-2nc2[n-]c(nc3nc(nc4[n-]c(n1)c1ccccc41)-c1ccccc1-3)c1ccccc21.[Ni+2]. The molecule has 0 fully saturated rings. The summed E-state index contributed by atoms with van der Waals surface area (Å²) in [5.41, 5.74) is 5.48. The molecule has 0 spiro atoms. The number of fused-ring (bicyclic) bond motifs is 20. The molecule has 4 unspecified atom stereocenters. The monoisotopic (exact) mass is 1020 g/mol. The van der Waals surface area contributed by atoms with E-state index in [-0.39, 0.29) is 16.5 Å². The zero-order valence-corrected chi connectivity index (χ0v) is 45.6. The van der Waals surface area contributed by atoms with Crippen LogP contribution in [0.25, 0.3) is 89.7 Å². The van der Waals surface area contributed by atoms with Gasteiger partial charge in [0.25, 0.3) is 0 Å². The maximum atomic E-state index is 6.80. The zero-order chi connectivity index (χ0) is 50.1. The third-order valence-corrected chi connectivity index (χ3v) is 15.0. The topological polar surface area (TPSA) is 124 Å². The summed E-state index contributed by atoms with van der Waals surface area (Å²) in [4.78, 5) is 41.1. The second-order valence-electron chi connectivity index (χ2n) is 22.2. The molecule has 73 heavy (non-hydrogen) atoms.